The molecule has 3 nitrogen and oxygen atoms in total. The van der Waals surface area contributed by atoms with Gasteiger partial charge < -0.3 is 5.32 Å². The van der Waals surface area contributed by atoms with Crippen molar-refractivity contribution in [3.63, 3.8) is 0 Å². The Hall–Kier alpha value is -1.46. The minimum Gasteiger partial charge on any atom is -0.320 e. The first-order valence-corrected chi connectivity index (χ1v) is 6.87. The fourth-order valence-corrected chi connectivity index (χ4v) is 2.43. The van der Waals surface area contributed by atoms with Crippen LogP contribution in [0.1, 0.15) is 20.2 Å². The molecule has 1 aromatic carbocycles. The summed E-state index contributed by atoms with van der Waals surface area (Å²) in [6.45, 7) is 5.59. The van der Waals surface area contributed by atoms with Crippen LogP contribution in [-0.2, 0) is 0 Å². The standard InChI is InChI=1S/C13H11BrN2OS/c1-3-9-7-15-13(18-9)12(17)16-11-6-4-5-10(14)8(11)2/h3-7H,1H2,2H3,(H,16,17). The SMILES string of the molecule is C=Cc1cnc(C(=O)Nc2cccc(Br)c2C)s1. The van der Waals surface area contributed by atoms with Gasteiger partial charge in [-0.3, -0.25) is 4.79 Å². The van der Waals surface area contributed by atoms with E-state index in [1.165, 1.54) is 11.3 Å². The highest BCUT2D eigenvalue weighted by Gasteiger charge is 2.12. The van der Waals surface area contributed by atoms with Gasteiger partial charge >= 0.3 is 0 Å². The second-order valence-electron chi connectivity index (χ2n) is 3.64. The Balaban J connectivity index is 2.21. The maximum Gasteiger partial charge on any atom is 0.284 e. The summed E-state index contributed by atoms with van der Waals surface area (Å²) in [7, 11) is 0. The fourth-order valence-electron chi connectivity index (χ4n) is 1.40. The number of hydrogen-bond donors (Lipinski definition) is 1. The third kappa shape index (κ3) is 2.68. The molecule has 1 N–H and O–H groups in total. The van der Waals surface area contributed by atoms with Crippen LogP contribution in [-0.4, -0.2) is 10.9 Å². The van der Waals surface area contributed by atoms with Gasteiger partial charge in [0.05, 0.1) is 0 Å². The van der Waals surface area contributed by atoms with E-state index in [1.54, 1.807) is 12.3 Å². The molecule has 18 heavy (non-hydrogen) atoms. The van der Waals surface area contributed by atoms with E-state index in [0.717, 1.165) is 20.6 Å². The molecule has 0 unspecified atom stereocenters. The lowest BCUT2D eigenvalue weighted by Crippen LogP contribution is -2.12. The lowest BCUT2D eigenvalue weighted by molar-refractivity contribution is 0.102. The molecule has 0 aliphatic rings. The number of carbonyl (C=O) groups excluding carboxylic acids is 1. The van der Waals surface area contributed by atoms with E-state index in [0.29, 0.717) is 5.01 Å². The lowest BCUT2D eigenvalue weighted by atomic mass is 10.2. The van der Waals surface area contributed by atoms with Gasteiger partial charge in [-0.2, -0.15) is 0 Å². The van der Waals surface area contributed by atoms with Crippen molar-refractivity contribution in [2.24, 2.45) is 0 Å². The van der Waals surface area contributed by atoms with Gasteiger partial charge in [-0.15, -0.1) is 11.3 Å². The van der Waals surface area contributed by atoms with Crippen molar-refractivity contribution in [2.75, 3.05) is 5.32 Å². The third-order valence-corrected chi connectivity index (χ3v) is 4.29. The molecule has 0 atom stereocenters. The summed E-state index contributed by atoms with van der Waals surface area (Å²) in [6.07, 6.45) is 3.32. The fraction of sp³-hybridized carbons (Fsp3) is 0.0769. The maximum atomic E-state index is 12.0. The van der Waals surface area contributed by atoms with Crippen LogP contribution in [0.2, 0.25) is 0 Å². The van der Waals surface area contributed by atoms with Crippen molar-refractivity contribution < 1.29 is 4.79 Å². The molecule has 1 aromatic heterocycles. The zero-order valence-electron chi connectivity index (χ0n) is 9.74. The van der Waals surface area contributed by atoms with Crippen LogP contribution < -0.4 is 5.32 Å². The average Bonchev–Trinajstić information content (AvgIpc) is 2.83. The van der Waals surface area contributed by atoms with E-state index in [9.17, 15) is 4.79 Å². The second kappa shape index (κ2) is 5.46. The van der Waals surface area contributed by atoms with Crippen LogP contribution in [0.15, 0.2) is 35.4 Å². The summed E-state index contributed by atoms with van der Waals surface area (Å²) in [5, 5.41) is 3.28. The number of benzene rings is 1. The quantitative estimate of drug-likeness (QED) is 0.923. The van der Waals surface area contributed by atoms with Gasteiger partial charge in [0.1, 0.15) is 0 Å². The average molecular weight is 323 g/mol. The van der Waals surface area contributed by atoms with Crippen LogP contribution in [0.4, 0.5) is 5.69 Å². The number of rotatable bonds is 3. The highest BCUT2D eigenvalue weighted by atomic mass is 79.9. The van der Waals surface area contributed by atoms with Crippen LogP contribution in [0.3, 0.4) is 0 Å². The molecule has 0 aliphatic heterocycles. The number of hydrogen-bond acceptors (Lipinski definition) is 3. The molecule has 1 amide bonds. The first-order chi connectivity index (χ1) is 8.61. The van der Waals surface area contributed by atoms with Crippen molar-refractivity contribution in [1.82, 2.24) is 4.98 Å². The summed E-state index contributed by atoms with van der Waals surface area (Å²) in [4.78, 5) is 16.9. The summed E-state index contributed by atoms with van der Waals surface area (Å²) in [5.41, 5.74) is 1.77. The number of nitrogens with zero attached hydrogens (tertiary/aromatic N) is 1. The number of aromatic nitrogens is 1. The Kier molecular flexibility index (Phi) is 3.93. The third-order valence-electron chi connectivity index (χ3n) is 2.43. The van der Waals surface area contributed by atoms with Crippen LogP contribution >= 0.6 is 27.3 Å². The Labute approximate surface area is 118 Å². The van der Waals surface area contributed by atoms with Crippen molar-refractivity contribution in [3.8, 4) is 0 Å². The Bertz CT molecular complexity index is 607. The molecule has 5 heteroatoms. The topological polar surface area (TPSA) is 42.0 Å². The zero-order valence-corrected chi connectivity index (χ0v) is 12.1. The number of thiazole rings is 1. The van der Waals surface area contributed by atoms with E-state index in [4.69, 9.17) is 0 Å². The van der Waals surface area contributed by atoms with E-state index >= 15 is 0 Å². The minimum atomic E-state index is -0.200. The molecule has 2 aromatic rings. The molecule has 0 saturated heterocycles. The maximum absolute atomic E-state index is 12.0. The van der Waals surface area contributed by atoms with Crippen LogP contribution in [0.25, 0.3) is 6.08 Å². The Morgan fingerprint density at radius 3 is 3.00 bits per heavy atom. The molecule has 0 spiro atoms. The van der Waals surface area contributed by atoms with Crippen molar-refractivity contribution in [1.29, 1.82) is 0 Å². The van der Waals surface area contributed by atoms with Gasteiger partial charge in [0.25, 0.3) is 5.91 Å². The number of carbonyl (C=O) groups is 1. The van der Waals surface area contributed by atoms with Gasteiger partial charge in [0.15, 0.2) is 5.01 Å². The highest BCUT2D eigenvalue weighted by molar-refractivity contribution is 9.10. The van der Waals surface area contributed by atoms with Gasteiger partial charge in [0.2, 0.25) is 0 Å². The van der Waals surface area contributed by atoms with Gasteiger partial charge in [-0.05, 0) is 24.6 Å². The lowest BCUT2D eigenvalue weighted by Gasteiger charge is -2.07. The summed E-state index contributed by atoms with van der Waals surface area (Å²) < 4.78 is 0.964. The predicted octanol–water partition coefficient (Wildman–Crippen LogP) is 4.11. The zero-order chi connectivity index (χ0) is 13.1. The summed E-state index contributed by atoms with van der Waals surface area (Å²) in [6, 6.07) is 5.67. The number of halogens is 1. The molecule has 0 aliphatic carbocycles. The smallest absolute Gasteiger partial charge is 0.284 e. The number of nitrogens with one attached hydrogen (secondary N) is 1. The first-order valence-electron chi connectivity index (χ1n) is 5.26. The van der Waals surface area contributed by atoms with Gasteiger partial charge in [0, 0.05) is 21.2 Å². The van der Waals surface area contributed by atoms with Gasteiger partial charge in [-0.1, -0.05) is 34.7 Å². The molecule has 92 valence electrons. The second-order valence-corrected chi connectivity index (χ2v) is 5.55. The largest absolute Gasteiger partial charge is 0.320 e. The minimum absolute atomic E-state index is 0.200. The number of anilines is 1. The molecule has 1 heterocycles. The van der Waals surface area contributed by atoms with Gasteiger partial charge in [-0.25, -0.2) is 4.98 Å². The number of amides is 1. The molecule has 2 rings (SSSR count). The van der Waals surface area contributed by atoms with E-state index in [1.807, 2.05) is 25.1 Å². The molecule has 0 saturated carbocycles. The van der Waals surface area contributed by atoms with Crippen molar-refractivity contribution in [3.05, 3.63) is 50.9 Å². The monoisotopic (exact) mass is 322 g/mol. The summed E-state index contributed by atoms with van der Waals surface area (Å²) in [5.74, 6) is -0.200. The Morgan fingerprint density at radius 2 is 2.33 bits per heavy atom. The van der Waals surface area contributed by atoms with Crippen molar-refractivity contribution >= 4 is 44.9 Å². The molecule has 0 radical (unpaired) electrons. The first kappa shape index (κ1) is 13.0. The van der Waals surface area contributed by atoms with E-state index in [2.05, 4.69) is 32.8 Å². The normalized spacial score (nSPS) is 10.1. The van der Waals surface area contributed by atoms with E-state index < -0.39 is 0 Å². The molecule has 0 fully saturated rings. The highest BCUT2D eigenvalue weighted by Crippen LogP contribution is 2.24. The van der Waals surface area contributed by atoms with Crippen LogP contribution in [0.5, 0.6) is 0 Å². The van der Waals surface area contributed by atoms with Crippen molar-refractivity contribution in [2.45, 2.75) is 6.92 Å². The predicted molar refractivity (Wildman–Crippen MR) is 79.0 cm³/mol. The molecule has 0 bridgehead atoms. The molecular formula is C13H11BrN2OS. The molecular weight excluding hydrogens is 312 g/mol. The Morgan fingerprint density at radius 1 is 1.56 bits per heavy atom. The van der Waals surface area contributed by atoms with E-state index in [-0.39, 0.29) is 5.91 Å². The summed E-state index contributed by atoms with van der Waals surface area (Å²) >= 11 is 4.75. The van der Waals surface area contributed by atoms with Crippen LogP contribution in [0, 0.1) is 6.92 Å².